The minimum absolute atomic E-state index is 0.975. The molecule has 1 heteroatoms. The van der Waals surface area contributed by atoms with Gasteiger partial charge in [-0.2, -0.15) is 0 Å². The van der Waals surface area contributed by atoms with Gasteiger partial charge in [0.2, 0.25) is 0 Å². The van der Waals surface area contributed by atoms with Gasteiger partial charge in [0, 0.05) is 22.1 Å². The highest BCUT2D eigenvalue weighted by Crippen LogP contribution is 2.46. The van der Waals surface area contributed by atoms with Crippen LogP contribution in [0.2, 0.25) is 0 Å². The van der Waals surface area contributed by atoms with Crippen molar-refractivity contribution in [2.75, 3.05) is 0 Å². The Kier molecular flexibility index (Phi) is 7.57. The molecule has 0 N–H and O–H groups in total. The molecule has 49 heavy (non-hydrogen) atoms. The van der Waals surface area contributed by atoms with Crippen molar-refractivity contribution in [3.8, 4) is 11.1 Å². The summed E-state index contributed by atoms with van der Waals surface area (Å²) in [6.45, 7) is 4.57. The SMILES string of the molecule is CCCCc1c2ccccc2c(C2=CCCc3c2oc2ccc(-c4c5ccccc5c(CCCC)c5ccccc45)cc32)c2ccccc12. The van der Waals surface area contributed by atoms with E-state index in [1.807, 2.05) is 0 Å². The van der Waals surface area contributed by atoms with E-state index in [1.54, 1.807) is 0 Å². The normalized spacial score (nSPS) is 13.1. The van der Waals surface area contributed by atoms with Crippen LogP contribution in [0.5, 0.6) is 0 Å². The monoisotopic (exact) mass is 634 g/mol. The van der Waals surface area contributed by atoms with Crippen LogP contribution in [0.1, 0.15) is 74.0 Å². The Balaban J connectivity index is 1.26. The summed E-state index contributed by atoms with van der Waals surface area (Å²) in [7, 11) is 0. The van der Waals surface area contributed by atoms with Gasteiger partial charge < -0.3 is 4.42 Å². The van der Waals surface area contributed by atoms with Crippen molar-refractivity contribution in [1.82, 2.24) is 0 Å². The third-order valence-corrected chi connectivity index (χ3v) is 11.0. The zero-order valence-electron chi connectivity index (χ0n) is 28.6. The number of hydrogen-bond donors (Lipinski definition) is 0. The lowest BCUT2D eigenvalue weighted by molar-refractivity contribution is 0.591. The first-order valence-electron chi connectivity index (χ1n) is 18.4. The van der Waals surface area contributed by atoms with Gasteiger partial charge >= 0.3 is 0 Å². The van der Waals surface area contributed by atoms with Crippen molar-refractivity contribution in [2.45, 2.75) is 65.2 Å². The minimum atomic E-state index is 0.975. The fraction of sp³-hybridized carbons (Fsp3) is 0.208. The molecule has 1 aliphatic rings. The summed E-state index contributed by atoms with van der Waals surface area (Å²) in [5.41, 5.74) is 10.4. The first-order chi connectivity index (χ1) is 24.3. The Morgan fingerprint density at radius 1 is 0.510 bits per heavy atom. The van der Waals surface area contributed by atoms with Gasteiger partial charge in [-0.3, -0.25) is 0 Å². The van der Waals surface area contributed by atoms with Crippen molar-refractivity contribution < 1.29 is 4.42 Å². The molecule has 1 heterocycles. The van der Waals surface area contributed by atoms with Crippen molar-refractivity contribution in [2.24, 2.45) is 0 Å². The molecule has 0 saturated heterocycles. The summed E-state index contributed by atoms with van der Waals surface area (Å²) in [5.74, 6) is 1.04. The van der Waals surface area contributed by atoms with Crippen molar-refractivity contribution in [1.29, 1.82) is 0 Å². The largest absolute Gasteiger partial charge is 0.456 e. The smallest absolute Gasteiger partial charge is 0.138 e. The van der Waals surface area contributed by atoms with Crippen LogP contribution in [0.15, 0.2) is 126 Å². The van der Waals surface area contributed by atoms with Gasteiger partial charge in [-0.25, -0.2) is 0 Å². The zero-order chi connectivity index (χ0) is 32.9. The van der Waals surface area contributed by atoms with Gasteiger partial charge in [0.1, 0.15) is 11.3 Å². The van der Waals surface area contributed by atoms with E-state index < -0.39 is 0 Å². The molecule has 9 rings (SSSR count). The van der Waals surface area contributed by atoms with Crippen LogP contribution in [0.25, 0.3) is 70.8 Å². The third kappa shape index (κ3) is 4.82. The molecular weight excluding hydrogens is 593 g/mol. The lowest BCUT2D eigenvalue weighted by Crippen LogP contribution is -2.01. The lowest BCUT2D eigenvalue weighted by Gasteiger charge is -2.20. The van der Waals surface area contributed by atoms with Crippen molar-refractivity contribution in [3.63, 3.8) is 0 Å². The maximum absolute atomic E-state index is 6.91. The van der Waals surface area contributed by atoms with E-state index in [4.69, 9.17) is 4.42 Å². The zero-order valence-corrected chi connectivity index (χ0v) is 28.6. The number of hydrogen-bond acceptors (Lipinski definition) is 1. The highest BCUT2D eigenvalue weighted by molar-refractivity contribution is 6.17. The van der Waals surface area contributed by atoms with Gasteiger partial charge in [0.15, 0.2) is 0 Å². The van der Waals surface area contributed by atoms with Gasteiger partial charge in [0.05, 0.1) is 0 Å². The molecule has 0 amide bonds. The molecule has 1 aromatic heterocycles. The standard InChI is InChI=1S/C48H42O/c1-3-5-16-32-34-18-7-11-22-38(34)46(39-23-12-8-19-35(32)39)31-28-29-45-44(30-31)42-26-15-27-43(48(42)49-45)47-40-24-13-9-20-36(40)33(17-6-4-2)37-21-10-14-25-41(37)47/h7-14,18-25,27-30H,3-6,15-17,26H2,1-2H3. The predicted octanol–water partition coefficient (Wildman–Crippen LogP) is 13.8. The highest BCUT2D eigenvalue weighted by Gasteiger charge is 2.26. The summed E-state index contributed by atoms with van der Waals surface area (Å²) in [5, 5.41) is 12.1. The molecule has 8 aromatic rings. The summed E-state index contributed by atoms with van der Waals surface area (Å²) >= 11 is 0. The lowest BCUT2D eigenvalue weighted by atomic mass is 9.83. The quantitative estimate of drug-likeness (QED) is 0.152. The Labute approximate surface area is 288 Å². The van der Waals surface area contributed by atoms with E-state index in [2.05, 4.69) is 135 Å². The molecule has 0 bridgehead atoms. The van der Waals surface area contributed by atoms with Crippen LogP contribution in [0.4, 0.5) is 0 Å². The maximum Gasteiger partial charge on any atom is 0.138 e. The van der Waals surface area contributed by atoms with E-state index >= 15 is 0 Å². The van der Waals surface area contributed by atoms with Crippen LogP contribution in [0, 0.1) is 0 Å². The molecule has 1 aliphatic carbocycles. The van der Waals surface area contributed by atoms with Crippen molar-refractivity contribution >= 4 is 59.6 Å². The summed E-state index contributed by atoms with van der Waals surface area (Å²) < 4.78 is 6.91. The molecule has 0 spiro atoms. The number of unbranched alkanes of at least 4 members (excludes halogenated alkanes) is 2. The fourth-order valence-electron chi connectivity index (χ4n) is 8.72. The van der Waals surface area contributed by atoms with Crippen LogP contribution >= 0.6 is 0 Å². The molecule has 240 valence electrons. The Morgan fingerprint density at radius 2 is 0.980 bits per heavy atom. The van der Waals surface area contributed by atoms with E-state index in [0.717, 1.165) is 37.0 Å². The Morgan fingerprint density at radius 3 is 1.47 bits per heavy atom. The summed E-state index contributed by atoms with van der Waals surface area (Å²) in [4.78, 5) is 0. The second-order valence-corrected chi connectivity index (χ2v) is 13.9. The van der Waals surface area contributed by atoms with Crippen LogP contribution < -0.4 is 0 Å². The molecule has 0 fully saturated rings. The number of fused-ring (bicyclic) bond motifs is 7. The molecular formula is C48H42O. The van der Waals surface area contributed by atoms with Gasteiger partial charge in [0.25, 0.3) is 0 Å². The number of allylic oxidation sites excluding steroid dienone is 1. The average Bonchev–Trinajstić information content (AvgIpc) is 3.53. The molecule has 0 saturated carbocycles. The van der Waals surface area contributed by atoms with E-state index in [1.165, 1.54) is 113 Å². The average molecular weight is 635 g/mol. The molecule has 0 unspecified atom stereocenters. The van der Waals surface area contributed by atoms with E-state index in [0.29, 0.717) is 0 Å². The maximum atomic E-state index is 6.91. The first kappa shape index (κ1) is 30.0. The van der Waals surface area contributed by atoms with Crippen LogP contribution in [-0.2, 0) is 19.3 Å². The second-order valence-electron chi connectivity index (χ2n) is 13.9. The topological polar surface area (TPSA) is 13.1 Å². The van der Waals surface area contributed by atoms with Gasteiger partial charge in [-0.05, 0) is 116 Å². The van der Waals surface area contributed by atoms with E-state index in [9.17, 15) is 0 Å². The number of furan rings is 1. The summed E-state index contributed by atoms with van der Waals surface area (Å²) in [6, 6.07) is 43.1. The van der Waals surface area contributed by atoms with E-state index in [-0.39, 0.29) is 0 Å². The van der Waals surface area contributed by atoms with Crippen LogP contribution in [0.3, 0.4) is 0 Å². The van der Waals surface area contributed by atoms with Gasteiger partial charge in [-0.15, -0.1) is 0 Å². The highest BCUT2D eigenvalue weighted by atomic mass is 16.3. The number of benzene rings is 7. The molecule has 0 radical (unpaired) electrons. The fourth-order valence-corrected chi connectivity index (χ4v) is 8.72. The predicted molar refractivity (Wildman–Crippen MR) is 211 cm³/mol. The molecule has 1 nitrogen and oxygen atoms in total. The van der Waals surface area contributed by atoms with Gasteiger partial charge in [-0.1, -0.05) is 136 Å². The van der Waals surface area contributed by atoms with Crippen molar-refractivity contribution in [3.05, 3.63) is 149 Å². The minimum Gasteiger partial charge on any atom is -0.456 e. The number of rotatable bonds is 8. The van der Waals surface area contributed by atoms with Crippen LogP contribution in [-0.4, -0.2) is 0 Å². The molecule has 0 aliphatic heterocycles. The summed E-state index contributed by atoms with van der Waals surface area (Å²) in [6.07, 6.45) is 11.4. The number of aryl methyl sites for hydroxylation is 3. The second kappa shape index (κ2) is 12.4. The molecule has 0 atom stereocenters. The molecule has 7 aromatic carbocycles. The first-order valence-corrected chi connectivity index (χ1v) is 18.4. The Hall–Kier alpha value is -5.14. The Bertz CT molecular complexity index is 2460. The third-order valence-electron chi connectivity index (χ3n) is 11.0.